The number of carbonyl (C=O) groups is 2. The van der Waals surface area contributed by atoms with Crippen LogP contribution < -0.4 is 11.1 Å². The van der Waals surface area contributed by atoms with Gasteiger partial charge in [-0.1, -0.05) is 38.3 Å². The highest BCUT2D eigenvalue weighted by Crippen LogP contribution is 2.09. The first-order chi connectivity index (χ1) is 9.15. The van der Waals surface area contributed by atoms with E-state index in [1.807, 2.05) is 0 Å². The lowest BCUT2D eigenvalue weighted by molar-refractivity contribution is -0.105. The van der Waals surface area contributed by atoms with E-state index in [1.54, 1.807) is 24.3 Å². The van der Waals surface area contributed by atoms with Gasteiger partial charge >= 0.3 is 0 Å². The van der Waals surface area contributed by atoms with Crippen molar-refractivity contribution in [1.82, 2.24) is 0 Å². The van der Waals surface area contributed by atoms with Gasteiger partial charge in [0.2, 0.25) is 6.41 Å². The van der Waals surface area contributed by atoms with Crippen molar-refractivity contribution in [2.45, 2.75) is 39.5 Å². The highest BCUT2D eigenvalue weighted by molar-refractivity contribution is 5.95. The Morgan fingerprint density at radius 2 is 2.05 bits per heavy atom. The summed E-state index contributed by atoms with van der Waals surface area (Å²) in [5.41, 5.74) is 6.50. The number of rotatable bonds is 7. The quantitative estimate of drug-likeness (QED) is 0.452. The van der Waals surface area contributed by atoms with Crippen molar-refractivity contribution in [3.8, 4) is 0 Å². The maximum Gasteiger partial charge on any atom is 0.211 e. The second-order valence-electron chi connectivity index (χ2n) is 4.25. The highest BCUT2D eigenvalue weighted by atomic mass is 16.1. The molecule has 0 heterocycles. The van der Waals surface area contributed by atoms with Gasteiger partial charge in [-0.2, -0.15) is 0 Å². The van der Waals surface area contributed by atoms with Crippen molar-refractivity contribution in [2.24, 2.45) is 5.73 Å². The van der Waals surface area contributed by atoms with Gasteiger partial charge in [-0.05, 0) is 32.0 Å². The van der Waals surface area contributed by atoms with E-state index in [-0.39, 0.29) is 5.78 Å². The Morgan fingerprint density at radius 1 is 1.32 bits per heavy atom. The molecule has 1 rings (SSSR count). The van der Waals surface area contributed by atoms with E-state index in [0.717, 1.165) is 6.54 Å². The molecule has 106 valence electrons. The summed E-state index contributed by atoms with van der Waals surface area (Å²) in [7, 11) is 0. The van der Waals surface area contributed by atoms with Crippen molar-refractivity contribution in [3.63, 3.8) is 0 Å². The van der Waals surface area contributed by atoms with Gasteiger partial charge in [-0.15, -0.1) is 0 Å². The third-order valence-corrected chi connectivity index (χ3v) is 2.55. The van der Waals surface area contributed by atoms with Crippen molar-refractivity contribution in [1.29, 1.82) is 0 Å². The van der Waals surface area contributed by atoms with Crippen LogP contribution in [0, 0.1) is 0 Å². The Bertz CT molecular complexity index is 374. The number of unbranched alkanes of at least 4 members (excludes halogenated alkanes) is 3. The Hall–Kier alpha value is -1.68. The number of carbonyl (C=O) groups excluding carboxylic acids is 2. The lowest BCUT2D eigenvalue weighted by Crippen LogP contribution is -1.97. The molecule has 0 aromatic heterocycles. The Balaban J connectivity index is 0.000000399. The van der Waals surface area contributed by atoms with Gasteiger partial charge in [0.1, 0.15) is 0 Å². The molecule has 4 heteroatoms. The van der Waals surface area contributed by atoms with Crippen molar-refractivity contribution in [2.75, 3.05) is 11.9 Å². The highest BCUT2D eigenvalue weighted by Gasteiger charge is 1.98. The molecule has 0 bridgehead atoms. The predicted octanol–water partition coefficient (Wildman–Crippen LogP) is 2.98. The number of amides is 1. The molecular weight excluding hydrogens is 240 g/mol. The van der Waals surface area contributed by atoms with Crippen LogP contribution in [0.15, 0.2) is 24.3 Å². The minimum Gasteiger partial charge on any atom is -0.330 e. The molecule has 0 radical (unpaired) electrons. The molecule has 1 amide bonds. The number of ketones is 1. The van der Waals surface area contributed by atoms with Crippen LogP contribution in [0.1, 0.15) is 49.9 Å². The summed E-state index contributed by atoms with van der Waals surface area (Å²) >= 11 is 0. The lowest BCUT2D eigenvalue weighted by atomic mass is 10.1. The van der Waals surface area contributed by atoms with E-state index in [1.165, 1.54) is 32.6 Å². The zero-order valence-electron chi connectivity index (χ0n) is 11.8. The average Bonchev–Trinajstić information content (AvgIpc) is 2.41. The van der Waals surface area contributed by atoms with E-state index in [4.69, 9.17) is 5.73 Å². The molecule has 0 aliphatic heterocycles. The fourth-order valence-corrected chi connectivity index (χ4v) is 1.47. The minimum atomic E-state index is -0.00968. The Morgan fingerprint density at radius 3 is 2.58 bits per heavy atom. The minimum absolute atomic E-state index is 0.00968. The molecule has 0 unspecified atom stereocenters. The fraction of sp³-hybridized carbons (Fsp3) is 0.467. The van der Waals surface area contributed by atoms with Gasteiger partial charge in [0.15, 0.2) is 5.78 Å². The number of hydrogen-bond acceptors (Lipinski definition) is 3. The van der Waals surface area contributed by atoms with E-state index in [2.05, 4.69) is 12.2 Å². The molecule has 0 saturated heterocycles. The van der Waals surface area contributed by atoms with Crippen molar-refractivity contribution < 1.29 is 9.59 Å². The van der Waals surface area contributed by atoms with Crippen LogP contribution in [0.5, 0.6) is 0 Å². The number of anilines is 1. The molecule has 0 atom stereocenters. The summed E-state index contributed by atoms with van der Waals surface area (Å²) in [4.78, 5) is 20.9. The summed E-state index contributed by atoms with van der Waals surface area (Å²) in [6.07, 6.45) is 5.75. The fourth-order valence-electron chi connectivity index (χ4n) is 1.47. The summed E-state index contributed by atoms with van der Waals surface area (Å²) in [5, 5.41) is 2.47. The average molecular weight is 264 g/mol. The molecule has 0 spiro atoms. The van der Waals surface area contributed by atoms with Gasteiger partial charge in [-0.25, -0.2) is 0 Å². The summed E-state index contributed by atoms with van der Waals surface area (Å²) in [6, 6.07) is 6.79. The molecular formula is C15H24N2O2. The van der Waals surface area contributed by atoms with E-state index >= 15 is 0 Å². The number of benzene rings is 1. The smallest absolute Gasteiger partial charge is 0.211 e. The topological polar surface area (TPSA) is 72.2 Å². The first-order valence-corrected chi connectivity index (χ1v) is 6.67. The Kier molecular flexibility index (Phi) is 10.4. The first kappa shape index (κ1) is 17.3. The molecule has 4 nitrogen and oxygen atoms in total. The molecule has 3 N–H and O–H groups in total. The van der Waals surface area contributed by atoms with E-state index in [0.29, 0.717) is 17.7 Å². The van der Waals surface area contributed by atoms with Gasteiger partial charge in [0, 0.05) is 11.3 Å². The zero-order valence-corrected chi connectivity index (χ0v) is 11.8. The van der Waals surface area contributed by atoms with Crippen LogP contribution in [0.4, 0.5) is 5.69 Å². The SMILES string of the molecule is CC(=O)c1cccc(NC=O)c1.CCCCCCN. The van der Waals surface area contributed by atoms with Gasteiger partial charge in [0.25, 0.3) is 0 Å². The van der Waals surface area contributed by atoms with Gasteiger partial charge < -0.3 is 11.1 Å². The summed E-state index contributed by atoms with van der Waals surface area (Å²) in [6.45, 7) is 4.55. The van der Waals surface area contributed by atoms with E-state index in [9.17, 15) is 9.59 Å². The van der Waals surface area contributed by atoms with Crippen LogP contribution in [0.25, 0.3) is 0 Å². The third-order valence-electron chi connectivity index (χ3n) is 2.55. The van der Waals surface area contributed by atoms with Crippen molar-refractivity contribution >= 4 is 17.9 Å². The van der Waals surface area contributed by atoms with E-state index < -0.39 is 0 Å². The molecule has 0 aliphatic rings. The van der Waals surface area contributed by atoms with Gasteiger partial charge in [-0.3, -0.25) is 9.59 Å². The third kappa shape index (κ3) is 8.97. The largest absolute Gasteiger partial charge is 0.330 e. The van der Waals surface area contributed by atoms with Crippen LogP contribution >= 0.6 is 0 Å². The molecule has 19 heavy (non-hydrogen) atoms. The standard InChI is InChI=1S/C9H9NO2.C6H15N/c1-7(12)8-3-2-4-9(5-8)10-6-11;1-2-3-4-5-6-7/h2-6H,1H3,(H,10,11);2-7H2,1H3. The van der Waals surface area contributed by atoms with Crippen LogP contribution in [-0.4, -0.2) is 18.7 Å². The monoisotopic (exact) mass is 264 g/mol. The number of nitrogens with one attached hydrogen (secondary N) is 1. The molecule has 0 saturated carbocycles. The molecule has 1 aromatic rings. The van der Waals surface area contributed by atoms with Gasteiger partial charge in [0.05, 0.1) is 0 Å². The van der Waals surface area contributed by atoms with Crippen LogP contribution in [0.3, 0.4) is 0 Å². The molecule has 1 aromatic carbocycles. The van der Waals surface area contributed by atoms with Crippen LogP contribution in [0.2, 0.25) is 0 Å². The number of hydrogen-bond donors (Lipinski definition) is 2. The predicted molar refractivity (Wildman–Crippen MR) is 79.3 cm³/mol. The Labute approximate surface area is 115 Å². The second kappa shape index (κ2) is 11.4. The summed E-state index contributed by atoms with van der Waals surface area (Å²) in [5.74, 6) is -0.00968. The second-order valence-corrected chi connectivity index (χ2v) is 4.25. The molecule has 0 aliphatic carbocycles. The maximum absolute atomic E-state index is 10.9. The first-order valence-electron chi connectivity index (χ1n) is 6.67. The summed E-state index contributed by atoms with van der Waals surface area (Å²) < 4.78 is 0. The molecule has 0 fully saturated rings. The van der Waals surface area contributed by atoms with Crippen LogP contribution in [-0.2, 0) is 4.79 Å². The maximum atomic E-state index is 10.9. The van der Waals surface area contributed by atoms with Crippen molar-refractivity contribution in [3.05, 3.63) is 29.8 Å². The zero-order chi connectivity index (χ0) is 14.5. The normalized spacial score (nSPS) is 9.21. The number of Topliss-reactive ketones (excluding diaryl/α,β-unsaturated/α-hetero) is 1. The number of nitrogens with two attached hydrogens (primary N) is 1. The lowest BCUT2D eigenvalue weighted by Gasteiger charge is -1.99.